The number of hydrogen-bond donors (Lipinski definition) is 4. The molecule has 47 heavy (non-hydrogen) atoms. The molecule has 4 N–H and O–H groups in total. The summed E-state index contributed by atoms with van der Waals surface area (Å²) < 4.78 is 34.7. The number of fused-ring (bicyclic) bond motifs is 1. The van der Waals surface area contributed by atoms with E-state index in [1.165, 1.54) is 24.1 Å². The SMILES string of the molecule is CN(C(=O)NCc1cccc(F)c1Cl)[C@@H](CCC(=O)N1CCN(CCOP(=O)(O)O)CC1)COC(=O)Nc1cc2ccccc2cn1. The lowest BCUT2D eigenvalue weighted by Crippen LogP contribution is -2.50. The van der Waals surface area contributed by atoms with Gasteiger partial charge in [-0.05, 0) is 29.5 Å². The highest BCUT2D eigenvalue weighted by Gasteiger charge is 2.26. The highest BCUT2D eigenvalue weighted by atomic mass is 35.5. The van der Waals surface area contributed by atoms with Crippen LogP contribution in [0.25, 0.3) is 10.8 Å². The maximum atomic E-state index is 13.9. The largest absolute Gasteiger partial charge is 0.469 e. The number of carbonyl (C=O) groups excluding carboxylic acids is 3. The molecule has 0 saturated carbocycles. The molecule has 0 spiro atoms. The summed E-state index contributed by atoms with van der Waals surface area (Å²) in [5.41, 5.74) is 0.381. The van der Waals surface area contributed by atoms with E-state index >= 15 is 0 Å². The van der Waals surface area contributed by atoms with Crippen LogP contribution in [0.15, 0.2) is 54.7 Å². The zero-order valence-electron chi connectivity index (χ0n) is 25.7. The van der Waals surface area contributed by atoms with Gasteiger partial charge in [0.2, 0.25) is 5.91 Å². The molecule has 2 aromatic carbocycles. The number of hydrogen-bond acceptors (Lipinski definition) is 8. The Balaban J connectivity index is 1.33. The summed E-state index contributed by atoms with van der Waals surface area (Å²) in [4.78, 5) is 65.7. The maximum absolute atomic E-state index is 13.9. The molecule has 1 atom stereocenters. The van der Waals surface area contributed by atoms with Gasteiger partial charge in [-0.1, -0.05) is 48.0 Å². The molecule has 0 aliphatic carbocycles. The van der Waals surface area contributed by atoms with Gasteiger partial charge in [0.15, 0.2) is 0 Å². The first-order valence-electron chi connectivity index (χ1n) is 14.8. The molecular weight excluding hydrogens is 658 g/mol. The van der Waals surface area contributed by atoms with Crippen molar-refractivity contribution in [1.82, 2.24) is 25.0 Å². The number of pyridine rings is 1. The number of phosphoric acid groups is 1. The van der Waals surface area contributed by atoms with Gasteiger partial charge in [-0.3, -0.25) is 19.5 Å². The number of benzene rings is 2. The molecule has 0 radical (unpaired) electrons. The average Bonchev–Trinajstić information content (AvgIpc) is 3.04. The quantitative estimate of drug-likeness (QED) is 0.193. The number of anilines is 1. The molecule has 254 valence electrons. The number of carbonyl (C=O) groups is 3. The second-order valence-corrected chi connectivity index (χ2v) is 12.5. The summed E-state index contributed by atoms with van der Waals surface area (Å²) >= 11 is 6.02. The minimum atomic E-state index is -4.54. The Morgan fingerprint density at radius 1 is 1.11 bits per heavy atom. The fourth-order valence-electron chi connectivity index (χ4n) is 4.96. The summed E-state index contributed by atoms with van der Waals surface area (Å²) in [7, 11) is -3.04. The first kappa shape index (κ1) is 36.0. The van der Waals surface area contributed by atoms with Gasteiger partial charge in [-0.25, -0.2) is 23.5 Å². The van der Waals surface area contributed by atoms with Crippen molar-refractivity contribution in [2.75, 3.05) is 58.3 Å². The predicted octanol–water partition coefficient (Wildman–Crippen LogP) is 3.82. The first-order valence-corrected chi connectivity index (χ1v) is 16.7. The van der Waals surface area contributed by atoms with E-state index in [0.717, 1.165) is 10.8 Å². The Kier molecular flexibility index (Phi) is 12.9. The normalized spacial score (nSPS) is 14.4. The van der Waals surface area contributed by atoms with Crippen molar-refractivity contribution < 1.29 is 42.4 Å². The number of ether oxygens (including phenoxy) is 1. The van der Waals surface area contributed by atoms with Crippen molar-refractivity contribution in [1.29, 1.82) is 0 Å². The number of phosphoric ester groups is 1. The van der Waals surface area contributed by atoms with Crippen molar-refractivity contribution in [3.05, 3.63) is 71.1 Å². The van der Waals surface area contributed by atoms with Crippen LogP contribution in [0.3, 0.4) is 0 Å². The number of aromatic nitrogens is 1. The van der Waals surface area contributed by atoms with Crippen molar-refractivity contribution >= 4 is 54.0 Å². The number of likely N-dealkylation sites (N-methyl/N-ethyl adjacent to an activating group) is 1. The van der Waals surface area contributed by atoms with Gasteiger partial charge in [-0.15, -0.1) is 0 Å². The average molecular weight is 695 g/mol. The third-order valence-electron chi connectivity index (χ3n) is 7.68. The molecular formula is C30H37ClFN6O8P. The Hall–Kier alpha value is -3.85. The Morgan fingerprint density at radius 3 is 2.55 bits per heavy atom. The van der Waals surface area contributed by atoms with E-state index < -0.39 is 31.8 Å². The van der Waals surface area contributed by atoms with E-state index in [1.54, 1.807) is 23.2 Å². The molecule has 1 aromatic heterocycles. The third kappa shape index (κ3) is 11.1. The number of amides is 4. The molecule has 1 saturated heterocycles. The predicted molar refractivity (Wildman–Crippen MR) is 172 cm³/mol. The molecule has 2 heterocycles. The lowest BCUT2D eigenvalue weighted by molar-refractivity contribution is -0.133. The summed E-state index contributed by atoms with van der Waals surface area (Å²) in [6, 6.07) is 12.2. The van der Waals surface area contributed by atoms with Gasteiger partial charge in [0, 0.05) is 64.3 Å². The fourth-order valence-corrected chi connectivity index (χ4v) is 5.47. The van der Waals surface area contributed by atoms with Crippen LogP contribution in [-0.4, -0.2) is 107 Å². The Morgan fingerprint density at radius 2 is 1.83 bits per heavy atom. The second kappa shape index (κ2) is 16.8. The van der Waals surface area contributed by atoms with Gasteiger partial charge in [-0.2, -0.15) is 0 Å². The topological polar surface area (TPSA) is 174 Å². The van der Waals surface area contributed by atoms with E-state index in [9.17, 15) is 23.3 Å². The number of halogens is 2. The van der Waals surface area contributed by atoms with E-state index in [-0.39, 0.29) is 49.3 Å². The van der Waals surface area contributed by atoms with Crippen LogP contribution < -0.4 is 10.6 Å². The van der Waals surface area contributed by atoms with Gasteiger partial charge in [0.25, 0.3) is 0 Å². The Labute approximate surface area is 276 Å². The monoisotopic (exact) mass is 694 g/mol. The third-order valence-corrected chi connectivity index (χ3v) is 8.62. The van der Waals surface area contributed by atoms with Crippen LogP contribution >= 0.6 is 19.4 Å². The zero-order chi connectivity index (χ0) is 34.0. The summed E-state index contributed by atoms with van der Waals surface area (Å²) in [5, 5.41) is 6.94. The van der Waals surface area contributed by atoms with Gasteiger partial charge >= 0.3 is 19.9 Å². The number of urea groups is 1. The van der Waals surface area contributed by atoms with Crippen molar-refractivity contribution in [3.63, 3.8) is 0 Å². The fraction of sp³-hybridized carbons (Fsp3) is 0.400. The molecule has 17 heteroatoms. The van der Waals surface area contributed by atoms with Crippen LogP contribution in [0.1, 0.15) is 18.4 Å². The standard InChI is InChI=1S/C30H37ClFN6O8P/c1-36(29(40)34-19-23-7-4-8-25(32)28(23)31)24(20-45-30(41)35-26-17-21-5-2-3-6-22(21)18-33-26)9-10-27(39)38-13-11-37(12-14-38)15-16-46-47(42,43)44/h2-8,17-18,24H,9-16,19-20H2,1H3,(H,34,40)(H,33,35,41)(H2,42,43,44)/t24-/m0/s1. The van der Waals surface area contributed by atoms with Crippen LogP contribution in [-0.2, 0) is 25.2 Å². The molecule has 1 aliphatic rings. The number of nitrogens with one attached hydrogen (secondary N) is 2. The highest BCUT2D eigenvalue weighted by molar-refractivity contribution is 7.46. The van der Waals surface area contributed by atoms with Gasteiger partial charge in [0.1, 0.15) is 18.2 Å². The van der Waals surface area contributed by atoms with Crippen molar-refractivity contribution in [2.24, 2.45) is 0 Å². The lowest BCUT2D eigenvalue weighted by Gasteiger charge is -2.35. The molecule has 0 bridgehead atoms. The maximum Gasteiger partial charge on any atom is 0.469 e. The van der Waals surface area contributed by atoms with E-state index in [0.29, 0.717) is 38.3 Å². The van der Waals surface area contributed by atoms with E-state index in [2.05, 4.69) is 20.1 Å². The van der Waals surface area contributed by atoms with Crippen molar-refractivity contribution in [2.45, 2.75) is 25.4 Å². The summed E-state index contributed by atoms with van der Waals surface area (Å²) in [6.07, 6.45) is 1.05. The number of piperazine rings is 1. The Bertz CT molecular complexity index is 1610. The zero-order valence-corrected chi connectivity index (χ0v) is 27.3. The minimum Gasteiger partial charge on any atom is -0.447 e. The first-order chi connectivity index (χ1) is 22.4. The summed E-state index contributed by atoms with van der Waals surface area (Å²) in [5.74, 6) is -0.490. The minimum absolute atomic E-state index is 0.0517. The molecule has 0 unspecified atom stereocenters. The van der Waals surface area contributed by atoms with Crippen LogP contribution in [0.4, 0.5) is 19.8 Å². The number of nitrogens with zero attached hydrogens (tertiary/aromatic N) is 4. The van der Waals surface area contributed by atoms with Crippen LogP contribution in [0.2, 0.25) is 5.02 Å². The van der Waals surface area contributed by atoms with Gasteiger partial charge < -0.3 is 29.6 Å². The highest BCUT2D eigenvalue weighted by Crippen LogP contribution is 2.35. The smallest absolute Gasteiger partial charge is 0.447 e. The van der Waals surface area contributed by atoms with Crippen molar-refractivity contribution in [3.8, 4) is 0 Å². The molecule has 4 rings (SSSR count). The number of rotatable bonds is 13. The molecule has 1 fully saturated rings. The molecule has 3 aromatic rings. The molecule has 14 nitrogen and oxygen atoms in total. The molecule has 1 aliphatic heterocycles. The van der Waals surface area contributed by atoms with Gasteiger partial charge in [0.05, 0.1) is 17.7 Å². The summed E-state index contributed by atoms with van der Waals surface area (Å²) in [6.45, 7) is 1.69. The van der Waals surface area contributed by atoms with E-state index in [4.69, 9.17) is 26.1 Å². The molecule has 4 amide bonds. The van der Waals surface area contributed by atoms with E-state index in [1.807, 2.05) is 29.2 Å². The van der Waals surface area contributed by atoms with Crippen LogP contribution in [0.5, 0.6) is 0 Å². The second-order valence-electron chi connectivity index (χ2n) is 10.9. The van der Waals surface area contributed by atoms with Crippen LogP contribution in [0, 0.1) is 5.82 Å². The lowest BCUT2D eigenvalue weighted by atomic mass is 10.1.